The molecule has 0 atom stereocenters. The zero-order chi connectivity index (χ0) is 22.8. The number of nitro benzene ring substituents is 1. The van der Waals surface area contributed by atoms with Crippen LogP contribution < -0.4 is 16.0 Å². The highest BCUT2D eigenvalue weighted by Gasteiger charge is 2.30. The lowest BCUT2D eigenvalue weighted by atomic mass is 9.99. The summed E-state index contributed by atoms with van der Waals surface area (Å²) in [7, 11) is 0. The van der Waals surface area contributed by atoms with E-state index in [1.807, 2.05) is 54.6 Å². The fourth-order valence-corrected chi connectivity index (χ4v) is 4.01. The summed E-state index contributed by atoms with van der Waals surface area (Å²) in [5.41, 5.74) is 4.67. The summed E-state index contributed by atoms with van der Waals surface area (Å²) in [6.45, 7) is 1.69. The van der Waals surface area contributed by atoms with Gasteiger partial charge in [0.15, 0.2) is 0 Å². The van der Waals surface area contributed by atoms with E-state index in [1.165, 1.54) is 12.1 Å². The maximum absolute atomic E-state index is 13.0. The topological polar surface area (TPSA) is 109 Å². The molecule has 0 saturated carbocycles. The molecule has 5 rings (SSSR count). The van der Waals surface area contributed by atoms with Gasteiger partial charge in [0, 0.05) is 42.0 Å². The largest absolute Gasteiger partial charge is 0.372 e. The van der Waals surface area contributed by atoms with Crippen LogP contribution in [0.4, 0.5) is 17.1 Å². The van der Waals surface area contributed by atoms with Gasteiger partial charge in [0.1, 0.15) is 5.84 Å². The van der Waals surface area contributed by atoms with E-state index in [4.69, 9.17) is 0 Å². The number of carbonyl (C=O) groups is 1. The molecule has 0 radical (unpaired) electrons. The number of benzene rings is 3. The minimum atomic E-state index is -0.460. The van der Waals surface area contributed by atoms with Gasteiger partial charge in [0.05, 0.1) is 22.7 Å². The normalized spacial score (nSPS) is 15.9. The number of non-ortho nitro benzene ring substituents is 1. The Morgan fingerprint density at radius 2 is 1.85 bits per heavy atom. The molecule has 0 aliphatic carbocycles. The van der Waals surface area contributed by atoms with Crippen LogP contribution >= 0.6 is 0 Å². The molecule has 164 valence electrons. The predicted octanol–water partition coefficient (Wildman–Crippen LogP) is 4.07. The van der Waals surface area contributed by atoms with Crippen LogP contribution in [0.15, 0.2) is 77.8 Å². The van der Waals surface area contributed by atoms with Crippen molar-refractivity contribution in [3.05, 3.63) is 99.6 Å². The Morgan fingerprint density at radius 3 is 2.55 bits per heavy atom. The number of hydrogen-bond acceptors (Lipinski definition) is 6. The van der Waals surface area contributed by atoms with Gasteiger partial charge in [-0.25, -0.2) is 0 Å². The van der Waals surface area contributed by atoms with Crippen LogP contribution in [-0.2, 0) is 11.2 Å². The molecular formula is C25H21N5O3. The molecular weight excluding hydrogens is 418 g/mol. The molecule has 0 fully saturated rings. The van der Waals surface area contributed by atoms with Crippen molar-refractivity contribution in [1.29, 1.82) is 0 Å². The van der Waals surface area contributed by atoms with E-state index in [-0.39, 0.29) is 11.6 Å². The van der Waals surface area contributed by atoms with E-state index < -0.39 is 4.92 Å². The number of fused-ring (bicyclic) bond motifs is 1. The molecule has 8 heteroatoms. The SMILES string of the molecule is O=C1Nc2ccc([N+](=O)[O-])cc2/C1=C(/Nc1ccc(CC2=NCCN2)cc1)c1ccccc1. The van der Waals surface area contributed by atoms with Gasteiger partial charge >= 0.3 is 0 Å². The number of amides is 1. The molecule has 0 unspecified atom stereocenters. The summed E-state index contributed by atoms with van der Waals surface area (Å²) in [5.74, 6) is 0.683. The van der Waals surface area contributed by atoms with Gasteiger partial charge in [-0.1, -0.05) is 42.5 Å². The van der Waals surface area contributed by atoms with Crippen LogP contribution in [0.2, 0.25) is 0 Å². The first kappa shape index (κ1) is 20.4. The molecule has 3 aromatic carbocycles. The van der Waals surface area contributed by atoms with Crippen LogP contribution in [0.1, 0.15) is 16.7 Å². The summed E-state index contributed by atoms with van der Waals surface area (Å²) in [5, 5.41) is 20.8. The number of carbonyl (C=O) groups excluding carboxylic acids is 1. The number of nitrogens with one attached hydrogen (secondary N) is 3. The number of rotatable bonds is 6. The van der Waals surface area contributed by atoms with E-state index >= 15 is 0 Å². The van der Waals surface area contributed by atoms with Crippen molar-refractivity contribution in [1.82, 2.24) is 5.32 Å². The molecule has 2 aliphatic heterocycles. The minimum Gasteiger partial charge on any atom is -0.372 e. The maximum Gasteiger partial charge on any atom is 0.270 e. The highest BCUT2D eigenvalue weighted by atomic mass is 16.6. The second kappa shape index (κ2) is 8.58. The highest BCUT2D eigenvalue weighted by Crippen LogP contribution is 2.39. The number of nitro groups is 1. The lowest BCUT2D eigenvalue weighted by molar-refractivity contribution is -0.384. The molecule has 3 N–H and O–H groups in total. The zero-order valence-corrected chi connectivity index (χ0v) is 17.7. The van der Waals surface area contributed by atoms with Crippen molar-refractivity contribution in [2.24, 2.45) is 4.99 Å². The smallest absolute Gasteiger partial charge is 0.270 e. The minimum absolute atomic E-state index is 0.0667. The van der Waals surface area contributed by atoms with Crippen LogP contribution in [0.25, 0.3) is 11.3 Å². The van der Waals surface area contributed by atoms with Gasteiger partial charge in [-0.05, 0) is 29.3 Å². The molecule has 0 aromatic heterocycles. The summed E-state index contributed by atoms with van der Waals surface area (Å²) < 4.78 is 0. The Balaban J connectivity index is 1.54. The second-order valence-electron chi connectivity index (χ2n) is 7.81. The van der Waals surface area contributed by atoms with Crippen LogP contribution in [-0.4, -0.2) is 29.8 Å². The van der Waals surface area contributed by atoms with Gasteiger partial charge in [-0.3, -0.25) is 19.9 Å². The number of nitrogens with zero attached hydrogens (tertiary/aromatic N) is 2. The Morgan fingerprint density at radius 1 is 1.06 bits per heavy atom. The summed E-state index contributed by atoms with van der Waals surface area (Å²) in [6, 6.07) is 21.8. The predicted molar refractivity (Wildman–Crippen MR) is 129 cm³/mol. The fraction of sp³-hybridized carbons (Fsp3) is 0.120. The molecule has 8 nitrogen and oxygen atoms in total. The first-order valence-corrected chi connectivity index (χ1v) is 10.6. The first-order valence-electron chi connectivity index (χ1n) is 10.6. The number of aliphatic imine (C=N–C) groups is 1. The lowest BCUT2D eigenvalue weighted by Gasteiger charge is -2.15. The summed E-state index contributed by atoms with van der Waals surface area (Å²) >= 11 is 0. The van der Waals surface area contributed by atoms with Crippen LogP contribution in [0, 0.1) is 10.1 Å². The molecule has 2 aliphatic rings. The van der Waals surface area contributed by atoms with Crippen molar-refractivity contribution in [3.63, 3.8) is 0 Å². The summed E-state index contributed by atoms with van der Waals surface area (Å²) in [6.07, 6.45) is 0.742. The third kappa shape index (κ3) is 4.18. The third-order valence-electron chi connectivity index (χ3n) is 5.61. The van der Waals surface area contributed by atoms with E-state index in [0.717, 1.165) is 42.2 Å². The monoisotopic (exact) mass is 439 g/mol. The van der Waals surface area contributed by atoms with E-state index in [2.05, 4.69) is 20.9 Å². The molecule has 1 amide bonds. The highest BCUT2D eigenvalue weighted by molar-refractivity contribution is 6.37. The number of hydrogen-bond donors (Lipinski definition) is 3. The van der Waals surface area contributed by atoms with Gasteiger partial charge in [-0.15, -0.1) is 0 Å². The van der Waals surface area contributed by atoms with Crippen molar-refractivity contribution in [3.8, 4) is 0 Å². The Hall–Kier alpha value is -4.46. The Bertz CT molecular complexity index is 1300. The van der Waals surface area contributed by atoms with Crippen molar-refractivity contribution >= 4 is 40.1 Å². The standard InChI is InChI=1S/C25H21N5O3/c31-25-23(20-15-19(30(32)33)10-11-21(20)29-25)24(17-4-2-1-3-5-17)28-18-8-6-16(7-9-18)14-22-26-12-13-27-22/h1-11,15,28H,12-14H2,(H,26,27)(H,29,31)/b24-23-. The van der Waals surface area contributed by atoms with Crippen molar-refractivity contribution in [2.45, 2.75) is 6.42 Å². The number of amidine groups is 1. The molecule has 0 saturated heterocycles. The van der Waals surface area contributed by atoms with E-state index in [0.29, 0.717) is 22.5 Å². The van der Waals surface area contributed by atoms with E-state index in [1.54, 1.807) is 6.07 Å². The van der Waals surface area contributed by atoms with Crippen molar-refractivity contribution in [2.75, 3.05) is 23.7 Å². The quantitative estimate of drug-likeness (QED) is 0.305. The third-order valence-corrected chi connectivity index (χ3v) is 5.61. The Labute approximate surface area is 190 Å². The van der Waals surface area contributed by atoms with Gasteiger partial charge in [0.2, 0.25) is 0 Å². The molecule has 0 spiro atoms. The molecule has 2 heterocycles. The van der Waals surface area contributed by atoms with Gasteiger partial charge < -0.3 is 16.0 Å². The second-order valence-corrected chi connectivity index (χ2v) is 7.81. The molecule has 3 aromatic rings. The van der Waals surface area contributed by atoms with E-state index in [9.17, 15) is 14.9 Å². The van der Waals surface area contributed by atoms with Gasteiger partial charge in [0.25, 0.3) is 11.6 Å². The average molecular weight is 439 g/mol. The first-order chi connectivity index (χ1) is 16.1. The van der Waals surface area contributed by atoms with Crippen LogP contribution in [0.5, 0.6) is 0 Å². The van der Waals surface area contributed by atoms with Crippen molar-refractivity contribution < 1.29 is 9.72 Å². The molecule has 0 bridgehead atoms. The molecule has 33 heavy (non-hydrogen) atoms. The zero-order valence-electron chi connectivity index (χ0n) is 17.7. The fourth-order valence-electron chi connectivity index (χ4n) is 4.01. The van der Waals surface area contributed by atoms with Crippen LogP contribution in [0.3, 0.4) is 0 Å². The average Bonchev–Trinajstić information content (AvgIpc) is 3.45. The number of anilines is 2. The lowest BCUT2D eigenvalue weighted by Crippen LogP contribution is -2.20. The summed E-state index contributed by atoms with van der Waals surface area (Å²) in [4.78, 5) is 28.3. The maximum atomic E-state index is 13.0. The Kier molecular flexibility index (Phi) is 5.32. The van der Waals surface area contributed by atoms with Gasteiger partial charge in [-0.2, -0.15) is 0 Å².